The van der Waals surface area contributed by atoms with E-state index in [1.54, 1.807) is 17.0 Å². The summed E-state index contributed by atoms with van der Waals surface area (Å²) in [7, 11) is 0. The minimum atomic E-state index is -4.69. The molecule has 2 heterocycles. The molecular weight excluding hydrogens is 323 g/mol. The van der Waals surface area contributed by atoms with E-state index in [1.807, 2.05) is 4.90 Å². The number of carbonyl (C=O) groups is 1. The molecule has 1 aromatic carbocycles. The van der Waals surface area contributed by atoms with Crippen molar-refractivity contribution in [1.82, 2.24) is 15.1 Å². The van der Waals surface area contributed by atoms with E-state index in [4.69, 9.17) is 0 Å². The van der Waals surface area contributed by atoms with Gasteiger partial charge in [0.2, 0.25) is 0 Å². The van der Waals surface area contributed by atoms with Crippen LogP contribution in [0.3, 0.4) is 0 Å². The van der Waals surface area contributed by atoms with Crippen LogP contribution in [0, 0.1) is 0 Å². The maximum Gasteiger partial charge on any atom is 0.573 e. The molecule has 8 heteroatoms. The summed E-state index contributed by atoms with van der Waals surface area (Å²) in [5.74, 6) is -0.254. The average Bonchev–Trinajstić information content (AvgIpc) is 2.90. The Hall–Kier alpha value is -1.96. The van der Waals surface area contributed by atoms with E-state index in [0.29, 0.717) is 19.6 Å². The maximum absolute atomic E-state index is 12.5. The number of alkyl halides is 3. The third-order valence-electron chi connectivity index (χ3n) is 4.41. The van der Waals surface area contributed by atoms with Gasteiger partial charge in [0.25, 0.3) is 0 Å². The van der Waals surface area contributed by atoms with Gasteiger partial charge in [0.05, 0.1) is 0 Å². The second kappa shape index (κ2) is 6.88. The molecule has 0 spiro atoms. The third-order valence-corrected chi connectivity index (χ3v) is 4.41. The van der Waals surface area contributed by atoms with E-state index < -0.39 is 6.36 Å². The van der Waals surface area contributed by atoms with Gasteiger partial charge >= 0.3 is 12.4 Å². The predicted molar refractivity (Wildman–Crippen MR) is 81.5 cm³/mol. The molecule has 0 aliphatic carbocycles. The van der Waals surface area contributed by atoms with Gasteiger partial charge in [-0.05, 0) is 43.6 Å². The van der Waals surface area contributed by atoms with Gasteiger partial charge in [-0.3, -0.25) is 0 Å². The molecule has 132 valence electrons. The number of rotatable bonds is 4. The van der Waals surface area contributed by atoms with Crippen LogP contribution in [-0.2, 0) is 6.54 Å². The highest BCUT2D eigenvalue weighted by Gasteiger charge is 2.34. The van der Waals surface area contributed by atoms with Crippen molar-refractivity contribution in [2.45, 2.75) is 31.8 Å². The fourth-order valence-electron chi connectivity index (χ4n) is 3.22. The van der Waals surface area contributed by atoms with E-state index in [1.165, 1.54) is 12.1 Å². The van der Waals surface area contributed by atoms with Gasteiger partial charge in [0.1, 0.15) is 5.75 Å². The first-order valence-electron chi connectivity index (χ1n) is 8.03. The zero-order chi connectivity index (χ0) is 17.2. The molecule has 0 unspecified atom stereocenters. The molecule has 0 aromatic heterocycles. The molecule has 2 aliphatic rings. The minimum Gasteiger partial charge on any atom is -0.406 e. The Morgan fingerprint density at radius 1 is 1.12 bits per heavy atom. The molecule has 2 fully saturated rings. The number of ether oxygens (including phenoxy) is 1. The van der Waals surface area contributed by atoms with Crippen LogP contribution in [0.25, 0.3) is 0 Å². The predicted octanol–water partition coefficient (Wildman–Crippen LogP) is 2.57. The fourth-order valence-corrected chi connectivity index (χ4v) is 3.22. The second-order valence-corrected chi connectivity index (χ2v) is 6.07. The lowest BCUT2D eigenvalue weighted by atomic mass is 10.1. The van der Waals surface area contributed by atoms with Crippen LogP contribution in [0.4, 0.5) is 18.0 Å². The summed E-state index contributed by atoms with van der Waals surface area (Å²) in [6, 6.07) is 5.95. The van der Waals surface area contributed by atoms with Crippen molar-refractivity contribution in [2.75, 3.05) is 26.2 Å². The number of hydrogen-bond acceptors (Lipinski definition) is 3. The molecule has 24 heavy (non-hydrogen) atoms. The highest BCUT2D eigenvalue weighted by atomic mass is 19.4. The van der Waals surface area contributed by atoms with Gasteiger partial charge in [-0.15, -0.1) is 13.2 Å². The number of benzene rings is 1. The summed E-state index contributed by atoms with van der Waals surface area (Å²) >= 11 is 0. The van der Waals surface area contributed by atoms with Gasteiger partial charge < -0.3 is 19.9 Å². The number of nitrogens with zero attached hydrogens (tertiary/aromatic N) is 2. The van der Waals surface area contributed by atoms with Crippen molar-refractivity contribution >= 4 is 6.03 Å². The summed E-state index contributed by atoms with van der Waals surface area (Å²) in [6.07, 6.45) is -2.77. The Balaban J connectivity index is 1.57. The van der Waals surface area contributed by atoms with Gasteiger partial charge in [0, 0.05) is 25.7 Å². The average molecular weight is 343 g/mol. The van der Waals surface area contributed by atoms with Crippen LogP contribution in [-0.4, -0.2) is 54.4 Å². The number of hydrogen-bond donors (Lipinski definition) is 1. The topological polar surface area (TPSA) is 44.8 Å². The molecule has 2 saturated heterocycles. The first kappa shape index (κ1) is 16.9. The molecule has 5 nitrogen and oxygen atoms in total. The zero-order valence-electron chi connectivity index (χ0n) is 13.2. The highest BCUT2D eigenvalue weighted by molar-refractivity contribution is 5.77. The first-order chi connectivity index (χ1) is 11.4. The minimum absolute atomic E-state index is 0.0116. The van der Waals surface area contributed by atoms with Crippen molar-refractivity contribution < 1.29 is 22.7 Å². The molecule has 0 radical (unpaired) electrons. The highest BCUT2D eigenvalue weighted by Crippen LogP contribution is 2.24. The standard InChI is InChI=1S/C16H20F3N3O2/c17-16(18,19)24-14-3-1-12(2-4-14)11-21-9-10-22(15(21)23)13-5-7-20-8-6-13/h1-4,13,20H,5-11H2. The van der Waals surface area contributed by atoms with Gasteiger partial charge in [-0.1, -0.05) is 12.1 Å². The molecule has 3 rings (SSSR count). The van der Waals surface area contributed by atoms with Crippen molar-refractivity contribution in [2.24, 2.45) is 0 Å². The van der Waals surface area contributed by atoms with Gasteiger partial charge in [-0.2, -0.15) is 0 Å². The van der Waals surface area contributed by atoms with E-state index in [-0.39, 0.29) is 17.8 Å². The monoisotopic (exact) mass is 343 g/mol. The number of carbonyl (C=O) groups excluding carboxylic acids is 1. The van der Waals surface area contributed by atoms with Crippen molar-refractivity contribution in [3.05, 3.63) is 29.8 Å². The van der Waals surface area contributed by atoms with E-state index in [0.717, 1.165) is 31.5 Å². The molecular formula is C16H20F3N3O2. The zero-order valence-corrected chi connectivity index (χ0v) is 13.2. The molecule has 1 N–H and O–H groups in total. The van der Waals surface area contributed by atoms with E-state index >= 15 is 0 Å². The number of halogens is 3. The van der Waals surface area contributed by atoms with E-state index in [9.17, 15) is 18.0 Å². The fraction of sp³-hybridized carbons (Fsp3) is 0.562. The molecule has 2 amide bonds. The van der Waals surface area contributed by atoms with Crippen LogP contribution < -0.4 is 10.1 Å². The summed E-state index contributed by atoms with van der Waals surface area (Å²) in [4.78, 5) is 16.2. The molecule has 0 bridgehead atoms. The lowest BCUT2D eigenvalue weighted by Crippen LogP contribution is -2.45. The van der Waals surface area contributed by atoms with Crippen molar-refractivity contribution in [3.63, 3.8) is 0 Å². The number of amides is 2. The second-order valence-electron chi connectivity index (χ2n) is 6.07. The molecule has 0 saturated carbocycles. The number of urea groups is 1. The van der Waals surface area contributed by atoms with Crippen molar-refractivity contribution in [3.8, 4) is 5.75 Å². The molecule has 2 aliphatic heterocycles. The van der Waals surface area contributed by atoms with E-state index in [2.05, 4.69) is 10.1 Å². The van der Waals surface area contributed by atoms with Gasteiger partial charge in [0.15, 0.2) is 0 Å². The summed E-state index contributed by atoms with van der Waals surface area (Å²) in [5, 5.41) is 3.28. The van der Waals surface area contributed by atoms with Crippen LogP contribution in [0.2, 0.25) is 0 Å². The largest absolute Gasteiger partial charge is 0.573 e. The van der Waals surface area contributed by atoms with Crippen LogP contribution >= 0.6 is 0 Å². The molecule has 0 atom stereocenters. The maximum atomic E-state index is 12.5. The third kappa shape index (κ3) is 4.11. The Bertz CT molecular complexity index is 571. The van der Waals surface area contributed by atoms with Crippen molar-refractivity contribution in [1.29, 1.82) is 0 Å². The normalized spacial score (nSPS) is 19.9. The Labute approximate surface area is 138 Å². The quantitative estimate of drug-likeness (QED) is 0.914. The number of nitrogens with one attached hydrogen (secondary N) is 1. The molecule has 1 aromatic rings. The number of piperidine rings is 1. The first-order valence-corrected chi connectivity index (χ1v) is 8.03. The van der Waals surface area contributed by atoms with Crippen LogP contribution in [0.15, 0.2) is 24.3 Å². The summed E-state index contributed by atoms with van der Waals surface area (Å²) in [6.45, 7) is 3.60. The lowest BCUT2D eigenvalue weighted by Gasteiger charge is -2.31. The Kier molecular flexibility index (Phi) is 4.84. The van der Waals surface area contributed by atoms with Crippen LogP contribution in [0.5, 0.6) is 5.75 Å². The van der Waals surface area contributed by atoms with Gasteiger partial charge in [-0.25, -0.2) is 4.79 Å². The van der Waals surface area contributed by atoms with Crippen LogP contribution in [0.1, 0.15) is 18.4 Å². The SMILES string of the molecule is O=C1N(Cc2ccc(OC(F)(F)F)cc2)CCN1C1CCNCC1. The summed E-state index contributed by atoms with van der Waals surface area (Å²) in [5.41, 5.74) is 0.782. The lowest BCUT2D eigenvalue weighted by molar-refractivity contribution is -0.274. The smallest absolute Gasteiger partial charge is 0.406 e. The summed E-state index contributed by atoms with van der Waals surface area (Å²) < 4.78 is 40.3. The Morgan fingerprint density at radius 3 is 2.42 bits per heavy atom. The Morgan fingerprint density at radius 2 is 1.79 bits per heavy atom.